The minimum Gasteiger partial charge on any atom is -0.486 e. The predicted molar refractivity (Wildman–Crippen MR) is 128 cm³/mol. The molecule has 4 heterocycles. The highest BCUT2D eigenvalue weighted by Crippen LogP contribution is 2.35. The summed E-state index contributed by atoms with van der Waals surface area (Å²) in [5.74, 6) is 1.34. The zero-order chi connectivity index (χ0) is 21.5. The molecule has 0 radical (unpaired) electrons. The molecule has 32 heavy (non-hydrogen) atoms. The Bertz CT molecular complexity index is 1540. The van der Waals surface area contributed by atoms with Crippen molar-refractivity contribution in [2.75, 3.05) is 0 Å². The fourth-order valence-corrected chi connectivity index (χ4v) is 5.14. The Morgan fingerprint density at radius 3 is 2.69 bits per heavy atom. The number of hydrogen-bond donors (Lipinski definition) is 0. The lowest BCUT2D eigenvalue weighted by molar-refractivity contribution is 0.293. The van der Waals surface area contributed by atoms with Crippen LogP contribution in [0.2, 0.25) is 5.02 Å². The Morgan fingerprint density at radius 1 is 0.969 bits per heavy atom. The summed E-state index contributed by atoms with van der Waals surface area (Å²) in [5, 5.41) is 18.0. The van der Waals surface area contributed by atoms with Gasteiger partial charge in [0.1, 0.15) is 17.4 Å². The van der Waals surface area contributed by atoms with E-state index in [2.05, 4.69) is 33.8 Å². The van der Waals surface area contributed by atoms with Crippen LogP contribution >= 0.6 is 34.3 Å². The quantitative estimate of drug-likeness (QED) is 0.290. The van der Waals surface area contributed by atoms with E-state index in [9.17, 15) is 0 Å². The molecule has 6 aromatic rings. The van der Waals surface area contributed by atoms with Gasteiger partial charge in [-0.15, -0.1) is 21.5 Å². The maximum Gasteiger partial charge on any atom is 0.235 e. The van der Waals surface area contributed by atoms with Crippen molar-refractivity contribution < 1.29 is 4.74 Å². The summed E-state index contributed by atoms with van der Waals surface area (Å²) < 4.78 is 7.59. The van der Waals surface area contributed by atoms with E-state index in [0.29, 0.717) is 21.6 Å². The Labute approximate surface area is 195 Å². The summed E-state index contributed by atoms with van der Waals surface area (Å²) in [4.78, 5) is 6.69. The third kappa shape index (κ3) is 3.52. The molecule has 2 aromatic carbocycles. The number of benzene rings is 2. The van der Waals surface area contributed by atoms with Crippen LogP contribution in [0.1, 0.15) is 5.82 Å². The largest absolute Gasteiger partial charge is 0.486 e. The molecule has 4 aromatic heterocycles. The van der Waals surface area contributed by atoms with Gasteiger partial charge in [-0.25, -0.2) is 4.98 Å². The molecule has 0 fully saturated rings. The van der Waals surface area contributed by atoms with Gasteiger partial charge in [-0.2, -0.15) is 9.61 Å². The fraction of sp³-hybridized carbons (Fsp3) is 0.0435. The van der Waals surface area contributed by atoms with Gasteiger partial charge in [0.2, 0.25) is 4.96 Å². The summed E-state index contributed by atoms with van der Waals surface area (Å²) >= 11 is 9.11. The van der Waals surface area contributed by atoms with E-state index in [4.69, 9.17) is 26.4 Å². The third-order valence-electron chi connectivity index (χ3n) is 4.96. The van der Waals surface area contributed by atoms with E-state index >= 15 is 0 Å². The van der Waals surface area contributed by atoms with Gasteiger partial charge in [0.05, 0.1) is 16.1 Å². The van der Waals surface area contributed by atoms with Gasteiger partial charge in [-0.3, -0.25) is 0 Å². The van der Waals surface area contributed by atoms with Crippen LogP contribution in [0.15, 0.2) is 72.1 Å². The van der Waals surface area contributed by atoms with Crippen LogP contribution in [-0.2, 0) is 6.61 Å². The summed E-state index contributed by atoms with van der Waals surface area (Å²) in [5.41, 5.74) is 2.90. The van der Waals surface area contributed by atoms with E-state index in [0.717, 1.165) is 32.0 Å². The average molecular weight is 476 g/mol. The number of nitrogens with zero attached hydrogens (tertiary/aromatic N) is 5. The van der Waals surface area contributed by atoms with Gasteiger partial charge in [-0.05, 0) is 47.8 Å². The zero-order valence-corrected chi connectivity index (χ0v) is 18.9. The Balaban J connectivity index is 1.40. The second-order valence-electron chi connectivity index (χ2n) is 7.01. The van der Waals surface area contributed by atoms with E-state index in [1.165, 1.54) is 11.3 Å². The van der Waals surface area contributed by atoms with E-state index in [-0.39, 0.29) is 6.61 Å². The summed E-state index contributed by atoms with van der Waals surface area (Å²) in [6, 6.07) is 21.6. The molecule has 9 heteroatoms. The van der Waals surface area contributed by atoms with Crippen molar-refractivity contribution in [1.82, 2.24) is 24.8 Å². The van der Waals surface area contributed by atoms with Crippen molar-refractivity contribution in [3.63, 3.8) is 0 Å². The minimum atomic E-state index is 0.253. The molecule has 156 valence electrons. The highest BCUT2D eigenvalue weighted by Gasteiger charge is 2.17. The second kappa shape index (κ2) is 7.98. The number of rotatable bonds is 5. The normalized spacial score (nSPS) is 11.4. The number of halogens is 1. The number of thiophene rings is 1. The smallest absolute Gasteiger partial charge is 0.235 e. The molecular formula is C23H14ClN5OS2. The molecule has 0 saturated heterocycles. The van der Waals surface area contributed by atoms with Crippen LogP contribution in [-0.4, -0.2) is 24.8 Å². The first-order valence-corrected chi connectivity index (χ1v) is 11.9. The predicted octanol–water partition coefficient (Wildman–Crippen LogP) is 6.36. The van der Waals surface area contributed by atoms with Gasteiger partial charge in [0.15, 0.2) is 5.82 Å². The number of hydrogen-bond acceptors (Lipinski definition) is 7. The lowest BCUT2D eigenvalue weighted by Gasteiger charge is -2.06. The molecule has 0 N–H and O–H groups in total. The first kappa shape index (κ1) is 19.4. The number of pyridine rings is 1. The molecule has 0 aliphatic heterocycles. The number of aromatic nitrogens is 5. The number of ether oxygens (including phenoxy) is 1. The van der Waals surface area contributed by atoms with E-state index in [1.54, 1.807) is 28.0 Å². The SMILES string of the molecule is Clc1ccc(OCc2nnc3sc(-c4cc(-c5cccs5)nc5ccccc45)nn23)cc1. The van der Waals surface area contributed by atoms with E-state index in [1.807, 2.05) is 36.4 Å². The van der Waals surface area contributed by atoms with Crippen LogP contribution in [0, 0.1) is 0 Å². The lowest BCUT2D eigenvalue weighted by atomic mass is 10.1. The fourth-order valence-electron chi connectivity index (χ4n) is 3.44. The van der Waals surface area contributed by atoms with Crippen molar-refractivity contribution in [1.29, 1.82) is 0 Å². The van der Waals surface area contributed by atoms with Crippen LogP contribution in [0.5, 0.6) is 5.75 Å². The van der Waals surface area contributed by atoms with E-state index < -0.39 is 0 Å². The van der Waals surface area contributed by atoms with Crippen molar-refractivity contribution in [3.05, 3.63) is 83.0 Å². The zero-order valence-electron chi connectivity index (χ0n) is 16.5. The Kier molecular flexibility index (Phi) is 4.83. The van der Waals surface area contributed by atoms with Crippen LogP contribution in [0.3, 0.4) is 0 Å². The summed E-state index contributed by atoms with van der Waals surface area (Å²) in [6.07, 6.45) is 0. The van der Waals surface area contributed by atoms with Gasteiger partial charge in [-0.1, -0.05) is 47.2 Å². The molecule has 0 saturated carbocycles. The number of fused-ring (bicyclic) bond motifs is 2. The van der Waals surface area contributed by atoms with Crippen molar-refractivity contribution in [3.8, 4) is 26.9 Å². The summed E-state index contributed by atoms with van der Waals surface area (Å²) in [6.45, 7) is 0.253. The maximum atomic E-state index is 5.94. The third-order valence-corrected chi connectivity index (χ3v) is 7.03. The van der Waals surface area contributed by atoms with Crippen molar-refractivity contribution in [2.45, 2.75) is 6.61 Å². The Morgan fingerprint density at radius 2 is 1.84 bits per heavy atom. The monoisotopic (exact) mass is 475 g/mol. The lowest BCUT2D eigenvalue weighted by Crippen LogP contribution is -2.02. The van der Waals surface area contributed by atoms with Crippen LogP contribution < -0.4 is 4.74 Å². The molecule has 0 aliphatic carbocycles. The molecule has 6 rings (SSSR count). The molecule has 0 atom stereocenters. The van der Waals surface area contributed by atoms with Crippen LogP contribution in [0.25, 0.3) is 37.0 Å². The molecule has 0 bridgehead atoms. The second-order valence-corrected chi connectivity index (χ2v) is 9.35. The molecule has 0 spiro atoms. The first-order valence-electron chi connectivity index (χ1n) is 9.78. The minimum absolute atomic E-state index is 0.253. The topological polar surface area (TPSA) is 65.2 Å². The molecule has 6 nitrogen and oxygen atoms in total. The van der Waals surface area contributed by atoms with Gasteiger partial charge in [0.25, 0.3) is 0 Å². The average Bonchev–Trinajstić information content (AvgIpc) is 3.56. The van der Waals surface area contributed by atoms with Gasteiger partial charge in [0, 0.05) is 16.0 Å². The summed E-state index contributed by atoms with van der Waals surface area (Å²) in [7, 11) is 0. The Hall–Kier alpha value is -3.33. The molecular weight excluding hydrogens is 462 g/mol. The van der Waals surface area contributed by atoms with Crippen LogP contribution in [0.4, 0.5) is 0 Å². The van der Waals surface area contributed by atoms with Gasteiger partial charge >= 0.3 is 0 Å². The molecule has 0 aliphatic rings. The maximum absolute atomic E-state index is 5.94. The molecule has 0 amide bonds. The van der Waals surface area contributed by atoms with Gasteiger partial charge < -0.3 is 4.74 Å². The highest BCUT2D eigenvalue weighted by molar-refractivity contribution is 7.20. The standard InChI is InChI=1S/C23H14ClN5OS2/c24-14-7-9-15(10-8-14)30-13-21-26-27-23-29(21)28-22(32-23)17-12-19(20-6-3-11-31-20)25-18-5-2-1-4-16(17)18/h1-12H,13H2. The molecule has 0 unspecified atom stereocenters. The van der Waals surface area contributed by atoms with Crippen molar-refractivity contribution in [2.24, 2.45) is 0 Å². The highest BCUT2D eigenvalue weighted by atomic mass is 35.5. The number of para-hydroxylation sites is 1. The van der Waals surface area contributed by atoms with Crippen molar-refractivity contribution >= 4 is 50.1 Å². The first-order chi connectivity index (χ1) is 15.7.